The zero-order chi connectivity index (χ0) is 48.0. The molecule has 30 atom stereocenters. The van der Waals surface area contributed by atoms with Gasteiger partial charge in [0.05, 0.1) is 39.6 Å². The lowest BCUT2D eigenvalue weighted by Crippen LogP contribution is -2.69. The summed E-state index contributed by atoms with van der Waals surface area (Å²) in [5.74, 6) is 0. The molecule has 0 aliphatic carbocycles. The fraction of sp³-hybridized carbons (Fsp3) is 1.00. The van der Waals surface area contributed by atoms with Crippen LogP contribution in [0.2, 0.25) is 0 Å². The van der Waals surface area contributed by atoms with E-state index in [0.717, 1.165) is 0 Å². The second-order valence-corrected chi connectivity index (χ2v) is 16.8. The third-order valence-corrected chi connectivity index (χ3v) is 12.7. The van der Waals surface area contributed by atoms with Gasteiger partial charge in [-0.2, -0.15) is 0 Å². The minimum atomic E-state index is -2.15. The molecule has 0 saturated carbocycles. The molecule has 0 aromatic carbocycles. The van der Waals surface area contributed by atoms with Crippen molar-refractivity contribution in [1.82, 2.24) is 0 Å². The third kappa shape index (κ3) is 10.0. The van der Waals surface area contributed by atoms with Crippen LogP contribution in [0, 0.1) is 0 Å². The highest BCUT2D eigenvalue weighted by atomic mass is 16.8. The number of aliphatic hydroxyl groups is 18. The molecule has 0 unspecified atom stereocenters. The van der Waals surface area contributed by atoms with Crippen molar-refractivity contribution in [1.29, 1.82) is 0 Å². The Morgan fingerprint density at radius 3 is 0.409 bits per heavy atom. The molecule has 22 aliphatic rings. The third-order valence-electron chi connectivity index (χ3n) is 12.7. The number of hydrogen-bond acceptors (Lipinski definition) is 30. The highest BCUT2D eigenvalue weighted by molar-refractivity contribution is 5.01. The molecule has 0 spiro atoms. The lowest BCUT2D eigenvalue weighted by molar-refractivity contribution is -0.404. The highest BCUT2D eigenvalue weighted by Gasteiger charge is 2.58. The normalized spacial score (nSPS) is 55.4. The second kappa shape index (κ2) is 22.1. The standard InChI is InChI=1S/C36H60O30/c37-1-7-25-13(43)19(49)31(55-7)62-26-8(2-38)57-33(21(51)15(26)45)64-28-10(4-40)59-35(23(53)17(28)47)66-30-12(6-42)60-36(24(54)18(30)48)65-29-11(5-41)58-34(22(52)16(29)46)63-27-9(3-39)56-32(61-25)20(50)14(27)44/h7-54H,1-6H2/t7-,8-,9-,10-,11-,12-,13-,14-,15-,16-,17-,18+,19-,20-,21+,22-,23-,24+,25-,26-,27-,28-,29-,30-,31-,32-,33-,34-,35-,36-/m1/s1. The highest BCUT2D eigenvalue weighted by Crippen LogP contribution is 2.38. The second-order valence-electron chi connectivity index (χ2n) is 16.8. The topological polar surface area (TPSA) is 475 Å². The van der Waals surface area contributed by atoms with Crippen molar-refractivity contribution in [2.75, 3.05) is 39.6 Å². The number of ether oxygens (including phenoxy) is 12. The summed E-state index contributed by atoms with van der Waals surface area (Å²) in [6.45, 7) is -5.99. The molecule has 0 radical (unpaired) electrons. The first-order chi connectivity index (χ1) is 31.4. The van der Waals surface area contributed by atoms with Crippen LogP contribution in [0.1, 0.15) is 0 Å². The van der Waals surface area contributed by atoms with Crippen molar-refractivity contribution >= 4 is 0 Å². The molecule has 22 rings (SSSR count). The lowest BCUT2D eigenvalue weighted by Gasteiger charge is -2.50. The van der Waals surface area contributed by atoms with Crippen LogP contribution in [0.15, 0.2) is 0 Å². The van der Waals surface area contributed by atoms with Crippen LogP contribution in [0.5, 0.6) is 0 Å². The molecule has 0 aromatic rings. The first-order valence-corrected chi connectivity index (χ1v) is 21.1. The van der Waals surface area contributed by atoms with Gasteiger partial charge in [0.25, 0.3) is 0 Å². The van der Waals surface area contributed by atoms with Crippen LogP contribution in [-0.4, -0.2) is 316 Å². The first-order valence-electron chi connectivity index (χ1n) is 21.1. The molecule has 22 saturated heterocycles. The Hall–Kier alpha value is -1.20. The van der Waals surface area contributed by atoms with Gasteiger partial charge in [-0.25, -0.2) is 0 Å². The maximum Gasteiger partial charge on any atom is 0.187 e. The minimum absolute atomic E-state index is 0.999. The number of rotatable bonds is 6. The Bertz CT molecular complexity index is 1230. The van der Waals surface area contributed by atoms with E-state index in [1.54, 1.807) is 0 Å². The number of hydrogen-bond donors (Lipinski definition) is 18. The Kier molecular flexibility index (Phi) is 17.6. The van der Waals surface area contributed by atoms with Gasteiger partial charge >= 0.3 is 0 Å². The van der Waals surface area contributed by atoms with E-state index in [9.17, 15) is 91.9 Å². The SMILES string of the molecule is OC[C@H]1O[C@@H]2O[C@H]3[C@H](O)[C@@H](O)[C@@H](O[C@H]4[C@@H](O)[C@H](O)[C@@H](O[C@H]5[C@H](O)[C@@H](O)[C@@H](O[C@H]6[C@H](O)[C@@H](O)[C@@H](O[C@H]7[C@H](O)[C@@H](O)[C@@H](O[C@H]1[C@H](O)[C@@H]2O)O[C@@H]7CO)O[C@@H]6CO)O[C@@H]5CO)O[C@@H]4CO)O[C@@H]3CO. The summed E-state index contributed by atoms with van der Waals surface area (Å²) in [6, 6.07) is 0. The summed E-state index contributed by atoms with van der Waals surface area (Å²) in [7, 11) is 0. The van der Waals surface area contributed by atoms with Gasteiger partial charge in [-0.1, -0.05) is 0 Å². The van der Waals surface area contributed by atoms with Gasteiger partial charge in [0.2, 0.25) is 0 Å². The van der Waals surface area contributed by atoms with E-state index in [1.807, 2.05) is 0 Å². The van der Waals surface area contributed by atoms with E-state index in [0.29, 0.717) is 0 Å². The van der Waals surface area contributed by atoms with Crippen molar-refractivity contribution in [3.05, 3.63) is 0 Å². The molecule has 22 fully saturated rings. The van der Waals surface area contributed by atoms with Crippen molar-refractivity contribution in [2.45, 2.75) is 184 Å². The van der Waals surface area contributed by atoms with E-state index in [2.05, 4.69) is 0 Å². The van der Waals surface area contributed by atoms with Crippen molar-refractivity contribution in [3.63, 3.8) is 0 Å². The Balaban J connectivity index is 1.19. The average molecular weight is 973 g/mol. The smallest absolute Gasteiger partial charge is 0.187 e. The van der Waals surface area contributed by atoms with Gasteiger partial charge in [0, 0.05) is 0 Å². The zero-order valence-electron chi connectivity index (χ0n) is 34.5. The van der Waals surface area contributed by atoms with Gasteiger partial charge in [-0.15, -0.1) is 0 Å². The van der Waals surface area contributed by atoms with Crippen LogP contribution in [-0.2, 0) is 56.8 Å². The summed E-state index contributed by atoms with van der Waals surface area (Å²) in [6.07, 6.45) is -58.5. The van der Waals surface area contributed by atoms with Crippen LogP contribution in [0.25, 0.3) is 0 Å². The molecule has 30 heteroatoms. The van der Waals surface area contributed by atoms with Gasteiger partial charge in [0.1, 0.15) is 146 Å². The van der Waals surface area contributed by atoms with Crippen LogP contribution >= 0.6 is 0 Å². The fourth-order valence-electron chi connectivity index (χ4n) is 8.93. The predicted octanol–water partition coefficient (Wildman–Crippen LogP) is -13.1. The van der Waals surface area contributed by atoms with Gasteiger partial charge in [-0.05, 0) is 0 Å². The minimum Gasteiger partial charge on any atom is -0.394 e. The molecular formula is C36H60O30. The Labute approximate surface area is 372 Å². The van der Waals surface area contributed by atoms with E-state index < -0.39 is 224 Å². The van der Waals surface area contributed by atoms with E-state index in [4.69, 9.17) is 56.8 Å². The maximum absolute atomic E-state index is 11.2. The van der Waals surface area contributed by atoms with Gasteiger partial charge in [0.15, 0.2) is 37.7 Å². The quantitative estimate of drug-likeness (QED) is 0.117. The van der Waals surface area contributed by atoms with Crippen LogP contribution < -0.4 is 0 Å². The molecule has 0 aromatic heterocycles. The van der Waals surface area contributed by atoms with Crippen molar-refractivity contribution in [3.8, 4) is 0 Å². The van der Waals surface area contributed by atoms with E-state index in [-0.39, 0.29) is 0 Å². The maximum atomic E-state index is 11.2. The summed E-state index contributed by atoms with van der Waals surface area (Å²) >= 11 is 0. The molecule has 384 valence electrons. The van der Waals surface area contributed by atoms with Crippen molar-refractivity contribution < 1.29 is 149 Å². The monoisotopic (exact) mass is 972 g/mol. The summed E-state index contributed by atoms with van der Waals surface area (Å²) < 4.78 is 67.9. The van der Waals surface area contributed by atoms with E-state index >= 15 is 0 Å². The molecular weight excluding hydrogens is 912 g/mol. The Morgan fingerprint density at radius 2 is 0.303 bits per heavy atom. The van der Waals surface area contributed by atoms with Crippen molar-refractivity contribution in [2.24, 2.45) is 0 Å². The van der Waals surface area contributed by atoms with E-state index in [1.165, 1.54) is 0 Å². The summed E-state index contributed by atoms with van der Waals surface area (Å²) in [5, 5.41) is 196. The molecule has 66 heavy (non-hydrogen) atoms. The largest absolute Gasteiger partial charge is 0.394 e. The Morgan fingerprint density at radius 1 is 0.182 bits per heavy atom. The van der Waals surface area contributed by atoms with Crippen LogP contribution in [0.4, 0.5) is 0 Å². The average Bonchev–Trinajstić information content (AvgIpc) is 3.31. The number of aliphatic hydroxyl groups excluding tert-OH is 18. The predicted molar refractivity (Wildman–Crippen MR) is 196 cm³/mol. The molecule has 22 heterocycles. The van der Waals surface area contributed by atoms with Crippen LogP contribution in [0.3, 0.4) is 0 Å². The molecule has 12 bridgehead atoms. The summed E-state index contributed by atoms with van der Waals surface area (Å²) in [4.78, 5) is 0. The molecule has 30 nitrogen and oxygen atoms in total. The lowest BCUT2D eigenvalue weighted by atomic mass is 9.94. The fourth-order valence-corrected chi connectivity index (χ4v) is 8.93. The first kappa shape index (κ1) is 52.6. The summed E-state index contributed by atoms with van der Waals surface area (Å²) in [5.41, 5.74) is 0. The van der Waals surface area contributed by atoms with Gasteiger partial charge < -0.3 is 149 Å². The molecule has 18 N–H and O–H groups in total. The molecule has 22 aliphatic heterocycles. The molecule has 0 amide bonds. The zero-order valence-corrected chi connectivity index (χ0v) is 34.5. The van der Waals surface area contributed by atoms with Gasteiger partial charge in [-0.3, -0.25) is 0 Å².